The third-order valence-corrected chi connectivity index (χ3v) is 4.58. The molecule has 144 valence electrons. The van der Waals surface area contributed by atoms with Gasteiger partial charge >= 0.3 is 0 Å². The van der Waals surface area contributed by atoms with Crippen molar-refractivity contribution in [3.63, 3.8) is 0 Å². The molecule has 2 aromatic heterocycles. The van der Waals surface area contributed by atoms with Crippen molar-refractivity contribution in [3.05, 3.63) is 78.1 Å². The van der Waals surface area contributed by atoms with Gasteiger partial charge in [-0.1, -0.05) is 18.2 Å². The molecule has 0 spiro atoms. The van der Waals surface area contributed by atoms with Gasteiger partial charge in [-0.2, -0.15) is 0 Å². The molecule has 1 fully saturated rings. The molecule has 3 heterocycles. The summed E-state index contributed by atoms with van der Waals surface area (Å²) in [5.41, 5.74) is 0. The fourth-order valence-electron chi connectivity index (χ4n) is 3.07. The third kappa shape index (κ3) is 3.93. The first-order valence-corrected chi connectivity index (χ1v) is 9.09. The number of nitrogens with zero attached hydrogens (tertiary/aromatic N) is 2. The Bertz CT molecular complexity index is 925. The number of ether oxygens (including phenoxy) is 1. The van der Waals surface area contributed by atoms with Crippen LogP contribution in [0.4, 0.5) is 0 Å². The summed E-state index contributed by atoms with van der Waals surface area (Å²) in [6.45, 7) is 2.05. The summed E-state index contributed by atoms with van der Waals surface area (Å²) in [5.74, 6) is 1.57. The second-order valence-electron chi connectivity index (χ2n) is 6.43. The number of rotatable bonds is 5. The van der Waals surface area contributed by atoms with E-state index in [2.05, 4.69) is 0 Å². The van der Waals surface area contributed by atoms with E-state index in [1.165, 1.54) is 6.26 Å². The molecule has 0 radical (unpaired) electrons. The molecule has 0 saturated carbocycles. The van der Waals surface area contributed by atoms with E-state index in [1.54, 1.807) is 34.1 Å². The summed E-state index contributed by atoms with van der Waals surface area (Å²) >= 11 is 0. The number of benzene rings is 1. The Morgan fingerprint density at radius 2 is 1.50 bits per heavy atom. The Morgan fingerprint density at radius 3 is 2.14 bits per heavy atom. The van der Waals surface area contributed by atoms with E-state index in [9.17, 15) is 9.59 Å². The van der Waals surface area contributed by atoms with E-state index in [1.807, 2.05) is 30.3 Å². The van der Waals surface area contributed by atoms with Crippen molar-refractivity contribution in [1.29, 1.82) is 0 Å². The molecule has 1 saturated heterocycles. The van der Waals surface area contributed by atoms with Crippen molar-refractivity contribution >= 4 is 11.8 Å². The van der Waals surface area contributed by atoms with Gasteiger partial charge in [0.25, 0.3) is 11.8 Å². The normalized spacial score (nSPS) is 14.1. The third-order valence-electron chi connectivity index (χ3n) is 4.58. The van der Waals surface area contributed by atoms with Gasteiger partial charge in [0.05, 0.1) is 6.26 Å². The largest absolute Gasteiger partial charge is 0.486 e. The number of furan rings is 2. The van der Waals surface area contributed by atoms with Gasteiger partial charge in [-0.25, -0.2) is 0 Å². The monoisotopic (exact) mass is 380 g/mol. The predicted molar refractivity (Wildman–Crippen MR) is 100.0 cm³/mol. The minimum absolute atomic E-state index is 0.157. The zero-order chi connectivity index (χ0) is 19.3. The number of hydrogen-bond donors (Lipinski definition) is 0. The lowest BCUT2D eigenvalue weighted by molar-refractivity contribution is 0.0500. The highest BCUT2D eigenvalue weighted by atomic mass is 16.5. The summed E-state index contributed by atoms with van der Waals surface area (Å²) in [6, 6.07) is 16.1. The summed E-state index contributed by atoms with van der Waals surface area (Å²) in [6.07, 6.45) is 1.48. The molecule has 1 aliphatic heterocycles. The lowest BCUT2D eigenvalue weighted by atomic mass is 10.2. The maximum absolute atomic E-state index is 12.7. The molecule has 0 bridgehead atoms. The highest BCUT2D eigenvalue weighted by molar-refractivity contribution is 5.93. The lowest BCUT2D eigenvalue weighted by Crippen LogP contribution is -2.50. The first kappa shape index (κ1) is 17.9. The van der Waals surface area contributed by atoms with Crippen LogP contribution < -0.4 is 4.74 Å². The van der Waals surface area contributed by atoms with E-state index in [4.69, 9.17) is 13.6 Å². The second-order valence-corrected chi connectivity index (χ2v) is 6.43. The fraction of sp³-hybridized carbons (Fsp3) is 0.238. The van der Waals surface area contributed by atoms with Crippen LogP contribution >= 0.6 is 0 Å². The molecule has 7 heteroatoms. The molecular weight excluding hydrogens is 360 g/mol. The molecule has 4 rings (SSSR count). The lowest BCUT2D eigenvalue weighted by Gasteiger charge is -2.33. The summed E-state index contributed by atoms with van der Waals surface area (Å²) < 4.78 is 16.4. The van der Waals surface area contributed by atoms with Crippen LogP contribution in [0.2, 0.25) is 0 Å². The smallest absolute Gasteiger partial charge is 0.289 e. The second kappa shape index (κ2) is 8.04. The van der Waals surface area contributed by atoms with Crippen LogP contribution in [0.15, 0.2) is 69.7 Å². The zero-order valence-electron chi connectivity index (χ0n) is 15.2. The van der Waals surface area contributed by atoms with E-state index in [0.29, 0.717) is 37.7 Å². The van der Waals surface area contributed by atoms with Gasteiger partial charge in [-0.3, -0.25) is 9.59 Å². The van der Waals surface area contributed by atoms with Crippen molar-refractivity contribution in [2.75, 3.05) is 26.2 Å². The molecule has 0 unspecified atom stereocenters. The van der Waals surface area contributed by atoms with Crippen LogP contribution in [-0.4, -0.2) is 47.8 Å². The summed E-state index contributed by atoms with van der Waals surface area (Å²) in [5, 5.41) is 0. The van der Waals surface area contributed by atoms with Crippen molar-refractivity contribution in [2.45, 2.75) is 6.61 Å². The molecule has 1 aliphatic rings. The molecule has 0 aliphatic carbocycles. The molecule has 0 N–H and O–H groups in total. The molecule has 2 amide bonds. The number of carbonyl (C=O) groups is 2. The van der Waals surface area contributed by atoms with Crippen molar-refractivity contribution in [3.8, 4) is 5.75 Å². The van der Waals surface area contributed by atoms with Crippen LogP contribution in [-0.2, 0) is 6.61 Å². The molecule has 1 aromatic carbocycles. The minimum Gasteiger partial charge on any atom is -0.486 e. The highest BCUT2D eigenvalue weighted by Gasteiger charge is 2.27. The Labute approximate surface area is 162 Å². The summed E-state index contributed by atoms with van der Waals surface area (Å²) in [4.78, 5) is 28.3. The van der Waals surface area contributed by atoms with Gasteiger partial charge in [0.1, 0.15) is 18.1 Å². The number of carbonyl (C=O) groups excluding carboxylic acids is 2. The van der Waals surface area contributed by atoms with Crippen molar-refractivity contribution in [2.24, 2.45) is 0 Å². The molecular formula is C21H20N2O5. The Kier molecular flexibility index (Phi) is 5.14. The van der Waals surface area contributed by atoms with Crippen LogP contribution in [0.25, 0.3) is 0 Å². The quantitative estimate of drug-likeness (QED) is 0.680. The maximum Gasteiger partial charge on any atom is 0.289 e. The Morgan fingerprint density at radius 1 is 0.821 bits per heavy atom. The first-order valence-electron chi connectivity index (χ1n) is 9.09. The Balaban J connectivity index is 1.30. The molecule has 7 nitrogen and oxygen atoms in total. The van der Waals surface area contributed by atoms with Crippen molar-refractivity contribution < 1.29 is 23.2 Å². The molecule has 0 atom stereocenters. The van der Waals surface area contributed by atoms with E-state index < -0.39 is 0 Å². The van der Waals surface area contributed by atoms with E-state index in [0.717, 1.165) is 5.75 Å². The minimum atomic E-state index is -0.184. The molecule has 28 heavy (non-hydrogen) atoms. The number of amides is 2. The average molecular weight is 380 g/mol. The van der Waals surface area contributed by atoms with Crippen LogP contribution in [0, 0.1) is 0 Å². The van der Waals surface area contributed by atoms with Gasteiger partial charge in [0, 0.05) is 26.2 Å². The zero-order valence-corrected chi connectivity index (χ0v) is 15.2. The SMILES string of the molecule is O=C(c1ccco1)N1CCN(C(=O)c2ccc(COc3ccccc3)o2)CC1. The topological polar surface area (TPSA) is 76.1 Å². The average Bonchev–Trinajstić information content (AvgIpc) is 3.44. The van der Waals surface area contributed by atoms with Gasteiger partial charge in [-0.15, -0.1) is 0 Å². The van der Waals surface area contributed by atoms with Gasteiger partial charge in [0.2, 0.25) is 0 Å². The van der Waals surface area contributed by atoms with Gasteiger partial charge < -0.3 is 23.4 Å². The van der Waals surface area contributed by atoms with E-state index in [-0.39, 0.29) is 24.2 Å². The van der Waals surface area contributed by atoms with Gasteiger partial charge in [-0.05, 0) is 36.4 Å². The predicted octanol–water partition coefficient (Wildman–Crippen LogP) is 3.05. The standard InChI is InChI=1S/C21H20N2O5/c24-20(18-7-4-14-26-18)22-10-12-23(13-11-22)21(25)19-9-8-17(28-19)15-27-16-5-2-1-3-6-16/h1-9,14H,10-13,15H2. The number of piperazine rings is 1. The van der Waals surface area contributed by atoms with Gasteiger partial charge in [0.15, 0.2) is 11.5 Å². The maximum atomic E-state index is 12.7. The fourth-order valence-corrected chi connectivity index (χ4v) is 3.07. The molecule has 3 aromatic rings. The summed E-state index contributed by atoms with van der Waals surface area (Å²) in [7, 11) is 0. The first-order chi connectivity index (χ1) is 13.7. The van der Waals surface area contributed by atoms with E-state index >= 15 is 0 Å². The highest BCUT2D eigenvalue weighted by Crippen LogP contribution is 2.17. The van der Waals surface area contributed by atoms with Crippen LogP contribution in [0.5, 0.6) is 5.75 Å². The van der Waals surface area contributed by atoms with Crippen LogP contribution in [0.3, 0.4) is 0 Å². The Hall–Kier alpha value is -3.48. The van der Waals surface area contributed by atoms with Crippen LogP contribution in [0.1, 0.15) is 26.9 Å². The van der Waals surface area contributed by atoms with Crippen molar-refractivity contribution in [1.82, 2.24) is 9.80 Å². The number of para-hydroxylation sites is 1. The number of hydrogen-bond acceptors (Lipinski definition) is 5.